The zero-order valence-corrected chi connectivity index (χ0v) is 13.1. The first-order valence-electron chi connectivity index (χ1n) is 6.87. The zero-order chi connectivity index (χ0) is 15.9. The lowest BCUT2D eigenvalue weighted by molar-refractivity contribution is -0.115. The van der Waals surface area contributed by atoms with Crippen LogP contribution in [0.1, 0.15) is 18.2 Å². The van der Waals surface area contributed by atoms with Crippen LogP contribution in [0.15, 0.2) is 29.6 Å². The van der Waals surface area contributed by atoms with Crippen LogP contribution in [0.4, 0.5) is 10.8 Å². The number of aromatic nitrogens is 1. The molecule has 0 atom stereocenters. The maximum atomic E-state index is 11.2. The number of carbonyl (C=O) groups is 2. The van der Waals surface area contributed by atoms with Crippen molar-refractivity contribution in [2.75, 3.05) is 17.2 Å². The summed E-state index contributed by atoms with van der Waals surface area (Å²) in [5.41, 5.74) is 8.09. The van der Waals surface area contributed by atoms with Crippen molar-refractivity contribution in [3.05, 3.63) is 40.9 Å². The average Bonchev–Trinajstić information content (AvgIpc) is 2.93. The van der Waals surface area contributed by atoms with Crippen LogP contribution in [0.5, 0.6) is 0 Å². The first-order valence-corrected chi connectivity index (χ1v) is 7.75. The molecular formula is C15H18N4O2S. The monoisotopic (exact) mass is 318 g/mol. The molecule has 116 valence electrons. The van der Waals surface area contributed by atoms with Gasteiger partial charge in [0, 0.05) is 18.0 Å². The number of hydrogen-bond acceptors (Lipinski definition) is 5. The molecule has 0 unspecified atom stereocenters. The summed E-state index contributed by atoms with van der Waals surface area (Å²) in [5.74, 6) is -0.322. The number of anilines is 2. The van der Waals surface area contributed by atoms with E-state index in [4.69, 9.17) is 5.73 Å². The van der Waals surface area contributed by atoms with E-state index in [-0.39, 0.29) is 18.4 Å². The Labute approximate surface area is 132 Å². The second-order valence-electron chi connectivity index (χ2n) is 4.77. The second-order valence-corrected chi connectivity index (χ2v) is 5.63. The molecule has 0 aliphatic heterocycles. The molecule has 0 spiro atoms. The van der Waals surface area contributed by atoms with E-state index < -0.39 is 0 Å². The van der Waals surface area contributed by atoms with E-state index in [2.05, 4.69) is 15.6 Å². The molecule has 2 amide bonds. The van der Waals surface area contributed by atoms with Gasteiger partial charge in [-0.3, -0.25) is 9.59 Å². The normalized spacial score (nSPS) is 10.3. The molecule has 2 rings (SSSR count). The largest absolute Gasteiger partial charge is 0.325 e. The van der Waals surface area contributed by atoms with Crippen molar-refractivity contribution in [2.45, 2.75) is 19.8 Å². The number of amides is 2. The van der Waals surface area contributed by atoms with Gasteiger partial charge in [0.05, 0.1) is 12.2 Å². The molecule has 0 aliphatic carbocycles. The highest BCUT2D eigenvalue weighted by atomic mass is 32.1. The average molecular weight is 318 g/mol. The van der Waals surface area contributed by atoms with Crippen molar-refractivity contribution in [1.82, 2.24) is 4.98 Å². The van der Waals surface area contributed by atoms with Crippen LogP contribution in [0.3, 0.4) is 0 Å². The SMILES string of the molecule is CC(=O)Nc1nc(CCc2ccc(NC(=O)CN)cc2)cs1. The minimum absolute atomic E-state index is 0.0256. The topological polar surface area (TPSA) is 97.1 Å². The van der Waals surface area contributed by atoms with E-state index in [9.17, 15) is 9.59 Å². The van der Waals surface area contributed by atoms with Gasteiger partial charge in [0.25, 0.3) is 0 Å². The maximum absolute atomic E-state index is 11.2. The van der Waals surface area contributed by atoms with E-state index in [1.807, 2.05) is 29.6 Å². The van der Waals surface area contributed by atoms with Gasteiger partial charge in [-0.25, -0.2) is 4.98 Å². The number of hydrogen-bond donors (Lipinski definition) is 3. The lowest BCUT2D eigenvalue weighted by Crippen LogP contribution is -2.21. The van der Waals surface area contributed by atoms with Crippen molar-refractivity contribution < 1.29 is 9.59 Å². The fourth-order valence-corrected chi connectivity index (χ4v) is 2.66. The molecule has 1 aromatic heterocycles. The van der Waals surface area contributed by atoms with Crippen molar-refractivity contribution >= 4 is 34.0 Å². The van der Waals surface area contributed by atoms with Crippen LogP contribution in [-0.4, -0.2) is 23.3 Å². The van der Waals surface area contributed by atoms with Crippen LogP contribution in [0.2, 0.25) is 0 Å². The minimum Gasteiger partial charge on any atom is -0.325 e. The fraction of sp³-hybridized carbons (Fsp3) is 0.267. The summed E-state index contributed by atoms with van der Waals surface area (Å²) in [5, 5.41) is 7.94. The van der Waals surface area contributed by atoms with Crippen molar-refractivity contribution in [2.24, 2.45) is 5.73 Å². The molecule has 7 heteroatoms. The first kappa shape index (κ1) is 16.1. The summed E-state index contributed by atoms with van der Waals surface area (Å²) in [7, 11) is 0. The molecule has 1 aromatic carbocycles. The molecule has 22 heavy (non-hydrogen) atoms. The van der Waals surface area contributed by atoms with Crippen LogP contribution in [-0.2, 0) is 22.4 Å². The molecule has 2 aromatic rings. The Hall–Kier alpha value is -2.25. The molecule has 0 radical (unpaired) electrons. The molecule has 0 fully saturated rings. The molecule has 1 heterocycles. The Morgan fingerprint density at radius 1 is 1.18 bits per heavy atom. The standard InChI is InChI=1S/C15H18N4O2S/c1-10(20)17-15-19-13(9-22-15)7-4-11-2-5-12(6-3-11)18-14(21)8-16/h2-3,5-6,9H,4,7-8,16H2,1H3,(H,18,21)(H,17,19,20). The fourth-order valence-electron chi connectivity index (χ4n) is 1.87. The van der Waals surface area contributed by atoms with Gasteiger partial charge < -0.3 is 16.4 Å². The number of aryl methyl sites for hydroxylation is 2. The van der Waals surface area contributed by atoms with Crippen LogP contribution in [0, 0.1) is 0 Å². The van der Waals surface area contributed by atoms with Gasteiger partial charge in [0.1, 0.15) is 0 Å². The summed E-state index contributed by atoms with van der Waals surface area (Å²) in [6, 6.07) is 7.64. The Bertz CT molecular complexity index is 652. The van der Waals surface area contributed by atoms with E-state index >= 15 is 0 Å². The van der Waals surface area contributed by atoms with Gasteiger partial charge in [-0.1, -0.05) is 12.1 Å². The highest BCUT2D eigenvalue weighted by Crippen LogP contribution is 2.17. The number of nitrogens with zero attached hydrogens (tertiary/aromatic N) is 1. The summed E-state index contributed by atoms with van der Waals surface area (Å²) in [4.78, 5) is 26.5. The third-order valence-electron chi connectivity index (χ3n) is 2.93. The second kappa shape index (κ2) is 7.67. The lowest BCUT2D eigenvalue weighted by atomic mass is 10.1. The quantitative estimate of drug-likeness (QED) is 0.756. The molecule has 0 bridgehead atoms. The third-order valence-corrected chi connectivity index (χ3v) is 3.73. The van der Waals surface area contributed by atoms with Crippen LogP contribution >= 0.6 is 11.3 Å². The van der Waals surface area contributed by atoms with Gasteiger partial charge in [-0.2, -0.15) is 0 Å². The molecule has 0 aliphatic rings. The molecule has 0 saturated heterocycles. The molecular weight excluding hydrogens is 300 g/mol. The van der Waals surface area contributed by atoms with E-state index in [1.54, 1.807) is 0 Å². The molecule has 6 nitrogen and oxygen atoms in total. The van der Waals surface area contributed by atoms with Crippen LogP contribution in [0.25, 0.3) is 0 Å². The Morgan fingerprint density at radius 2 is 1.91 bits per heavy atom. The summed E-state index contributed by atoms with van der Waals surface area (Å²) in [6.07, 6.45) is 1.64. The van der Waals surface area contributed by atoms with Crippen molar-refractivity contribution in [3.63, 3.8) is 0 Å². The third kappa shape index (κ3) is 4.94. The van der Waals surface area contributed by atoms with E-state index in [1.165, 1.54) is 18.3 Å². The smallest absolute Gasteiger partial charge is 0.238 e. The number of nitrogens with two attached hydrogens (primary N) is 1. The van der Waals surface area contributed by atoms with Gasteiger partial charge in [-0.15, -0.1) is 11.3 Å². The molecule has 0 saturated carbocycles. The predicted molar refractivity (Wildman–Crippen MR) is 88.0 cm³/mol. The first-order chi connectivity index (χ1) is 10.6. The van der Waals surface area contributed by atoms with Crippen molar-refractivity contribution in [3.8, 4) is 0 Å². The number of carbonyl (C=O) groups excluding carboxylic acids is 2. The minimum atomic E-state index is -0.208. The Kier molecular flexibility index (Phi) is 5.62. The Morgan fingerprint density at radius 3 is 2.55 bits per heavy atom. The number of nitrogens with one attached hydrogen (secondary N) is 2. The number of thiazole rings is 1. The van der Waals surface area contributed by atoms with Crippen LogP contribution < -0.4 is 16.4 Å². The highest BCUT2D eigenvalue weighted by molar-refractivity contribution is 7.13. The summed E-state index contributed by atoms with van der Waals surface area (Å²) >= 11 is 1.42. The Balaban J connectivity index is 1.87. The number of rotatable bonds is 6. The number of benzene rings is 1. The predicted octanol–water partition coefficient (Wildman–Crippen LogP) is 1.78. The van der Waals surface area contributed by atoms with Gasteiger partial charge in [0.15, 0.2) is 5.13 Å². The maximum Gasteiger partial charge on any atom is 0.238 e. The van der Waals surface area contributed by atoms with E-state index in [0.29, 0.717) is 5.13 Å². The van der Waals surface area contributed by atoms with Gasteiger partial charge in [-0.05, 0) is 30.5 Å². The molecule has 4 N–H and O–H groups in total. The summed E-state index contributed by atoms with van der Waals surface area (Å²) in [6.45, 7) is 1.44. The van der Waals surface area contributed by atoms with Crippen molar-refractivity contribution in [1.29, 1.82) is 0 Å². The zero-order valence-electron chi connectivity index (χ0n) is 12.3. The van der Waals surface area contributed by atoms with E-state index in [0.717, 1.165) is 29.8 Å². The van der Waals surface area contributed by atoms with Gasteiger partial charge >= 0.3 is 0 Å². The lowest BCUT2D eigenvalue weighted by Gasteiger charge is -2.05. The van der Waals surface area contributed by atoms with Gasteiger partial charge in [0.2, 0.25) is 11.8 Å². The highest BCUT2D eigenvalue weighted by Gasteiger charge is 2.04. The summed E-state index contributed by atoms with van der Waals surface area (Å²) < 4.78 is 0.